The van der Waals surface area contributed by atoms with Crippen LogP contribution < -0.4 is 10.1 Å². The lowest BCUT2D eigenvalue weighted by molar-refractivity contribution is 0.102. The van der Waals surface area contributed by atoms with Crippen molar-refractivity contribution in [3.63, 3.8) is 0 Å². The Morgan fingerprint density at radius 3 is 2.83 bits per heavy atom. The maximum absolute atomic E-state index is 12.5. The lowest BCUT2D eigenvalue weighted by Gasteiger charge is -2.11. The normalized spacial score (nSPS) is 10.4. The topological polar surface area (TPSA) is 51.2 Å². The molecule has 1 N–H and O–H groups in total. The van der Waals surface area contributed by atoms with Crippen LogP contribution in [0.2, 0.25) is 0 Å². The average molecular weight is 338 g/mol. The maximum Gasteiger partial charge on any atom is 0.255 e. The number of hydrogen-bond donors (Lipinski definition) is 1. The number of ether oxygens (including phenoxy) is 1. The molecular weight excluding hydrogens is 320 g/mol. The summed E-state index contributed by atoms with van der Waals surface area (Å²) in [5.74, 6) is 0.499. The Kier molecular flexibility index (Phi) is 4.91. The van der Waals surface area contributed by atoms with Gasteiger partial charge in [-0.2, -0.15) is 0 Å². The van der Waals surface area contributed by atoms with Gasteiger partial charge in [0.25, 0.3) is 5.91 Å². The van der Waals surface area contributed by atoms with Crippen LogP contribution in [-0.4, -0.2) is 10.9 Å². The molecule has 0 aliphatic carbocycles. The highest BCUT2D eigenvalue weighted by atomic mass is 32.1. The molecule has 0 unspecified atom stereocenters. The molecule has 3 rings (SSSR count). The zero-order chi connectivity index (χ0) is 16.9. The van der Waals surface area contributed by atoms with E-state index in [4.69, 9.17) is 4.74 Å². The Hall–Kier alpha value is -2.66. The van der Waals surface area contributed by atoms with Crippen LogP contribution in [0.4, 0.5) is 5.69 Å². The molecule has 0 spiro atoms. The van der Waals surface area contributed by atoms with Crippen LogP contribution >= 0.6 is 11.3 Å². The predicted molar refractivity (Wildman–Crippen MR) is 96.8 cm³/mol. The first-order chi connectivity index (χ1) is 11.6. The highest BCUT2D eigenvalue weighted by Gasteiger charge is 2.10. The number of hydrogen-bond acceptors (Lipinski definition) is 4. The van der Waals surface area contributed by atoms with E-state index in [2.05, 4.69) is 10.3 Å². The quantitative estimate of drug-likeness (QED) is 0.740. The number of thiazole rings is 1. The third-order valence-corrected chi connectivity index (χ3v) is 4.45. The number of amides is 1. The van der Waals surface area contributed by atoms with Gasteiger partial charge in [-0.15, -0.1) is 11.3 Å². The second kappa shape index (κ2) is 7.27. The fourth-order valence-corrected chi connectivity index (χ4v) is 2.82. The summed E-state index contributed by atoms with van der Waals surface area (Å²) in [5, 5.41) is 4.90. The monoisotopic (exact) mass is 338 g/mol. The SMILES string of the molecule is Cc1cccc(NC(=O)c2cccc(OCc3cscn3)c2)c1C. The van der Waals surface area contributed by atoms with E-state index in [-0.39, 0.29) is 5.91 Å². The van der Waals surface area contributed by atoms with Crippen LogP contribution in [0.1, 0.15) is 27.2 Å². The third-order valence-electron chi connectivity index (χ3n) is 3.82. The van der Waals surface area contributed by atoms with Crippen molar-refractivity contribution in [1.29, 1.82) is 0 Å². The van der Waals surface area contributed by atoms with Crippen molar-refractivity contribution < 1.29 is 9.53 Å². The van der Waals surface area contributed by atoms with Crippen molar-refractivity contribution in [3.05, 3.63) is 75.7 Å². The van der Waals surface area contributed by atoms with E-state index in [1.165, 1.54) is 11.3 Å². The molecule has 1 aromatic heterocycles. The molecule has 0 atom stereocenters. The number of anilines is 1. The van der Waals surface area contributed by atoms with Gasteiger partial charge >= 0.3 is 0 Å². The van der Waals surface area contributed by atoms with Crippen molar-refractivity contribution in [2.24, 2.45) is 0 Å². The Labute approximate surface area is 145 Å². The van der Waals surface area contributed by atoms with Gasteiger partial charge < -0.3 is 10.1 Å². The summed E-state index contributed by atoms with van der Waals surface area (Å²) in [7, 11) is 0. The Balaban J connectivity index is 1.71. The van der Waals surface area contributed by atoms with E-state index in [0.717, 1.165) is 22.5 Å². The van der Waals surface area contributed by atoms with Crippen molar-refractivity contribution >= 4 is 22.9 Å². The van der Waals surface area contributed by atoms with Gasteiger partial charge in [0.05, 0.1) is 11.2 Å². The summed E-state index contributed by atoms with van der Waals surface area (Å²) < 4.78 is 5.70. The summed E-state index contributed by atoms with van der Waals surface area (Å²) in [6.07, 6.45) is 0. The molecule has 1 heterocycles. The van der Waals surface area contributed by atoms with Gasteiger partial charge in [0, 0.05) is 16.6 Å². The zero-order valence-corrected chi connectivity index (χ0v) is 14.4. The fourth-order valence-electron chi connectivity index (χ4n) is 2.27. The Morgan fingerprint density at radius 2 is 2.04 bits per heavy atom. The first-order valence-electron chi connectivity index (χ1n) is 7.61. The number of rotatable bonds is 5. The van der Waals surface area contributed by atoms with Crippen LogP contribution in [0.15, 0.2) is 53.4 Å². The highest BCUT2D eigenvalue weighted by molar-refractivity contribution is 7.07. The molecule has 5 heteroatoms. The van der Waals surface area contributed by atoms with E-state index < -0.39 is 0 Å². The summed E-state index contributed by atoms with van der Waals surface area (Å²) >= 11 is 1.53. The number of nitrogens with one attached hydrogen (secondary N) is 1. The number of aromatic nitrogens is 1. The van der Waals surface area contributed by atoms with E-state index in [1.807, 2.05) is 49.6 Å². The largest absolute Gasteiger partial charge is 0.487 e. The van der Waals surface area contributed by atoms with Crippen molar-refractivity contribution in [2.45, 2.75) is 20.5 Å². The summed E-state index contributed by atoms with van der Waals surface area (Å²) in [6, 6.07) is 13.0. The minimum Gasteiger partial charge on any atom is -0.487 e. The zero-order valence-electron chi connectivity index (χ0n) is 13.6. The molecule has 0 fully saturated rings. The minimum atomic E-state index is -0.150. The molecule has 0 aliphatic heterocycles. The van der Waals surface area contributed by atoms with Gasteiger partial charge in [0.15, 0.2) is 0 Å². The molecule has 0 saturated heterocycles. The molecule has 3 aromatic rings. The van der Waals surface area contributed by atoms with E-state index >= 15 is 0 Å². The van der Waals surface area contributed by atoms with Gasteiger partial charge in [-0.25, -0.2) is 4.98 Å². The molecule has 0 radical (unpaired) electrons. The lowest BCUT2D eigenvalue weighted by Crippen LogP contribution is -2.13. The van der Waals surface area contributed by atoms with Gasteiger partial charge in [0.2, 0.25) is 0 Å². The molecule has 122 valence electrons. The van der Waals surface area contributed by atoms with E-state index in [1.54, 1.807) is 17.6 Å². The summed E-state index contributed by atoms with van der Waals surface area (Å²) in [4.78, 5) is 16.7. The molecule has 1 amide bonds. The molecule has 0 aliphatic rings. The fraction of sp³-hybridized carbons (Fsp3) is 0.158. The minimum absolute atomic E-state index is 0.150. The van der Waals surface area contributed by atoms with Gasteiger partial charge in [-0.1, -0.05) is 18.2 Å². The number of aryl methyl sites for hydroxylation is 1. The summed E-state index contributed by atoms with van der Waals surface area (Å²) in [5.41, 5.74) is 6.26. The molecule has 2 aromatic carbocycles. The van der Waals surface area contributed by atoms with E-state index in [9.17, 15) is 4.79 Å². The smallest absolute Gasteiger partial charge is 0.255 e. The molecule has 0 bridgehead atoms. The summed E-state index contributed by atoms with van der Waals surface area (Å²) in [6.45, 7) is 4.42. The highest BCUT2D eigenvalue weighted by Crippen LogP contribution is 2.20. The van der Waals surface area contributed by atoms with Crippen molar-refractivity contribution in [3.8, 4) is 5.75 Å². The van der Waals surface area contributed by atoms with Crippen molar-refractivity contribution in [1.82, 2.24) is 4.98 Å². The van der Waals surface area contributed by atoms with Crippen LogP contribution in [-0.2, 0) is 6.61 Å². The number of carbonyl (C=O) groups is 1. The molecule has 0 saturated carbocycles. The maximum atomic E-state index is 12.5. The van der Waals surface area contributed by atoms with Crippen LogP contribution in [0, 0.1) is 13.8 Å². The van der Waals surface area contributed by atoms with Gasteiger partial charge in [0.1, 0.15) is 12.4 Å². The number of benzene rings is 2. The van der Waals surface area contributed by atoms with Crippen molar-refractivity contribution in [2.75, 3.05) is 5.32 Å². The number of carbonyl (C=O) groups excluding carboxylic acids is 1. The molecule has 4 nitrogen and oxygen atoms in total. The van der Waals surface area contributed by atoms with E-state index in [0.29, 0.717) is 17.9 Å². The number of nitrogens with zero attached hydrogens (tertiary/aromatic N) is 1. The third kappa shape index (κ3) is 3.81. The van der Waals surface area contributed by atoms with Crippen LogP contribution in [0.3, 0.4) is 0 Å². The first-order valence-corrected chi connectivity index (χ1v) is 8.55. The second-order valence-corrected chi connectivity index (χ2v) is 6.22. The predicted octanol–water partition coefficient (Wildman–Crippen LogP) is 4.59. The van der Waals surface area contributed by atoms with Gasteiger partial charge in [-0.3, -0.25) is 4.79 Å². The average Bonchev–Trinajstić information content (AvgIpc) is 3.11. The Morgan fingerprint density at radius 1 is 1.21 bits per heavy atom. The first kappa shape index (κ1) is 16.2. The standard InChI is InChI=1S/C19H18N2O2S/c1-13-5-3-8-18(14(13)2)21-19(22)15-6-4-7-17(9-15)23-10-16-11-24-12-20-16/h3-9,11-12H,10H2,1-2H3,(H,21,22). The lowest BCUT2D eigenvalue weighted by atomic mass is 10.1. The second-order valence-electron chi connectivity index (χ2n) is 5.50. The van der Waals surface area contributed by atoms with Gasteiger partial charge in [-0.05, 0) is 49.2 Å². The Bertz CT molecular complexity index is 844. The van der Waals surface area contributed by atoms with Crippen LogP contribution in [0.5, 0.6) is 5.75 Å². The molecular formula is C19H18N2O2S. The molecule has 24 heavy (non-hydrogen) atoms. The van der Waals surface area contributed by atoms with Crippen LogP contribution in [0.25, 0.3) is 0 Å².